The number of para-hydroxylation sites is 1. The van der Waals surface area contributed by atoms with E-state index in [0.717, 1.165) is 5.69 Å². The van der Waals surface area contributed by atoms with E-state index in [1.807, 2.05) is 0 Å². The van der Waals surface area contributed by atoms with Crippen LogP contribution in [-0.2, 0) is 6.54 Å². The van der Waals surface area contributed by atoms with Gasteiger partial charge in [-0.1, -0.05) is 12.1 Å². The SMILES string of the molecule is Fc1ccccc1NCc1ccncn1. The minimum absolute atomic E-state index is 0.258. The molecule has 4 heteroatoms. The van der Waals surface area contributed by atoms with Gasteiger partial charge in [0.1, 0.15) is 12.1 Å². The molecule has 0 bridgehead atoms. The summed E-state index contributed by atoms with van der Waals surface area (Å²) in [5, 5.41) is 2.96. The Labute approximate surface area is 87.0 Å². The lowest BCUT2D eigenvalue weighted by Gasteiger charge is -2.05. The molecule has 0 aliphatic rings. The lowest BCUT2D eigenvalue weighted by Crippen LogP contribution is -2.02. The van der Waals surface area contributed by atoms with Crippen LogP contribution in [0.1, 0.15) is 5.69 Å². The minimum Gasteiger partial charge on any atom is -0.377 e. The molecule has 0 amide bonds. The van der Waals surface area contributed by atoms with Gasteiger partial charge in [0.15, 0.2) is 0 Å². The zero-order valence-corrected chi connectivity index (χ0v) is 8.02. The van der Waals surface area contributed by atoms with E-state index < -0.39 is 0 Å². The molecule has 2 aromatic rings. The van der Waals surface area contributed by atoms with Crippen LogP contribution in [0, 0.1) is 5.82 Å². The van der Waals surface area contributed by atoms with Crippen molar-refractivity contribution < 1.29 is 4.39 Å². The average molecular weight is 203 g/mol. The topological polar surface area (TPSA) is 37.8 Å². The molecular formula is C11H10FN3. The second kappa shape index (κ2) is 4.50. The summed E-state index contributed by atoms with van der Waals surface area (Å²) >= 11 is 0. The van der Waals surface area contributed by atoms with Gasteiger partial charge in [0.2, 0.25) is 0 Å². The van der Waals surface area contributed by atoms with Gasteiger partial charge >= 0.3 is 0 Å². The zero-order chi connectivity index (χ0) is 10.5. The molecule has 1 heterocycles. The third-order valence-corrected chi connectivity index (χ3v) is 1.98. The van der Waals surface area contributed by atoms with Gasteiger partial charge in [-0.2, -0.15) is 0 Å². The summed E-state index contributed by atoms with van der Waals surface area (Å²) in [7, 11) is 0. The van der Waals surface area contributed by atoms with E-state index in [0.29, 0.717) is 12.2 Å². The van der Waals surface area contributed by atoms with Crippen molar-refractivity contribution in [2.75, 3.05) is 5.32 Å². The lowest BCUT2D eigenvalue weighted by molar-refractivity contribution is 0.630. The molecule has 0 unspecified atom stereocenters. The molecule has 76 valence electrons. The van der Waals surface area contributed by atoms with Crippen molar-refractivity contribution in [3.05, 3.63) is 54.4 Å². The number of hydrogen-bond acceptors (Lipinski definition) is 3. The summed E-state index contributed by atoms with van der Waals surface area (Å²) in [6.07, 6.45) is 3.13. The molecular weight excluding hydrogens is 193 g/mol. The van der Waals surface area contributed by atoms with E-state index in [1.54, 1.807) is 30.5 Å². The largest absolute Gasteiger partial charge is 0.377 e. The highest BCUT2D eigenvalue weighted by Crippen LogP contribution is 2.12. The quantitative estimate of drug-likeness (QED) is 0.831. The van der Waals surface area contributed by atoms with Gasteiger partial charge in [-0.3, -0.25) is 0 Å². The van der Waals surface area contributed by atoms with Gasteiger partial charge in [0.05, 0.1) is 17.9 Å². The van der Waals surface area contributed by atoms with Crippen molar-refractivity contribution >= 4 is 5.69 Å². The molecule has 15 heavy (non-hydrogen) atoms. The summed E-state index contributed by atoms with van der Waals surface area (Å²) in [6, 6.07) is 8.34. The molecule has 0 spiro atoms. The molecule has 0 saturated heterocycles. The molecule has 0 aliphatic carbocycles. The third kappa shape index (κ3) is 2.49. The van der Waals surface area contributed by atoms with E-state index in [9.17, 15) is 4.39 Å². The van der Waals surface area contributed by atoms with Crippen LogP contribution in [0.2, 0.25) is 0 Å². The van der Waals surface area contributed by atoms with Crippen molar-refractivity contribution in [2.24, 2.45) is 0 Å². The van der Waals surface area contributed by atoms with E-state index in [4.69, 9.17) is 0 Å². The molecule has 0 saturated carbocycles. The Morgan fingerprint density at radius 2 is 2.07 bits per heavy atom. The molecule has 1 aromatic heterocycles. The summed E-state index contributed by atoms with van der Waals surface area (Å²) in [5.41, 5.74) is 1.31. The lowest BCUT2D eigenvalue weighted by atomic mass is 10.3. The fourth-order valence-electron chi connectivity index (χ4n) is 1.21. The summed E-state index contributed by atoms with van der Waals surface area (Å²) in [5.74, 6) is -0.258. The Morgan fingerprint density at radius 1 is 1.20 bits per heavy atom. The van der Waals surface area contributed by atoms with E-state index in [-0.39, 0.29) is 5.82 Å². The molecule has 3 nitrogen and oxygen atoms in total. The van der Waals surface area contributed by atoms with E-state index in [2.05, 4.69) is 15.3 Å². The Bertz CT molecular complexity index is 431. The first-order valence-electron chi connectivity index (χ1n) is 4.59. The molecule has 2 rings (SSSR count). The zero-order valence-electron chi connectivity index (χ0n) is 8.02. The van der Waals surface area contributed by atoms with Crippen LogP contribution in [0.5, 0.6) is 0 Å². The normalized spacial score (nSPS) is 9.93. The molecule has 1 N–H and O–H groups in total. The highest BCUT2D eigenvalue weighted by atomic mass is 19.1. The Balaban J connectivity index is 2.03. The number of nitrogens with one attached hydrogen (secondary N) is 1. The number of nitrogens with zero attached hydrogens (tertiary/aromatic N) is 2. The molecule has 1 aromatic carbocycles. The first-order valence-corrected chi connectivity index (χ1v) is 4.59. The van der Waals surface area contributed by atoms with Gasteiger partial charge in [-0.05, 0) is 18.2 Å². The third-order valence-electron chi connectivity index (χ3n) is 1.98. The van der Waals surface area contributed by atoms with E-state index >= 15 is 0 Å². The summed E-state index contributed by atoms with van der Waals surface area (Å²) < 4.78 is 13.2. The summed E-state index contributed by atoms with van der Waals surface area (Å²) in [4.78, 5) is 7.83. The number of anilines is 1. The highest BCUT2D eigenvalue weighted by Gasteiger charge is 1.99. The average Bonchev–Trinajstić information content (AvgIpc) is 2.29. The first kappa shape index (κ1) is 9.58. The van der Waals surface area contributed by atoms with Crippen molar-refractivity contribution in [3.8, 4) is 0 Å². The summed E-state index contributed by atoms with van der Waals surface area (Å²) in [6.45, 7) is 0.490. The predicted octanol–water partition coefficient (Wildman–Crippen LogP) is 2.23. The maximum atomic E-state index is 13.2. The predicted molar refractivity (Wildman–Crippen MR) is 55.8 cm³/mol. The van der Waals surface area contributed by atoms with Crippen LogP contribution in [-0.4, -0.2) is 9.97 Å². The highest BCUT2D eigenvalue weighted by molar-refractivity contribution is 5.44. The van der Waals surface area contributed by atoms with Gasteiger partial charge in [-0.25, -0.2) is 14.4 Å². The molecule has 0 atom stereocenters. The number of hydrogen-bond donors (Lipinski definition) is 1. The van der Waals surface area contributed by atoms with Crippen molar-refractivity contribution in [1.82, 2.24) is 9.97 Å². The second-order valence-electron chi connectivity index (χ2n) is 3.03. The van der Waals surface area contributed by atoms with Crippen LogP contribution in [0.3, 0.4) is 0 Å². The number of halogens is 1. The smallest absolute Gasteiger partial charge is 0.146 e. The Hall–Kier alpha value is -1.97. The minimum atomic E-state index is -0.258. The van der Waals surface area contributed by atoms with Crippen LogP contribution in [0.4, 0.5) is 10.1 Å². The molecule has 0 fully saturated rings. The van der Waals surface area contributed by atoms with Gasteiger partial charge in [0.25, 0.3) is 0 Å². The monoisotopic (exact) mass is 203 g/mol. The fraction of sp³-hybridized carbons (Fsp3) is 0.0909. The molecule has 0 radical (unpaired) electrons. The number of rotatable bonds is 3. The van der Waals surface area contributed by atoms with Gasteiger partial charge in [0, 0.05) is 6.20 Å². The Kier molecular flexibility index (Phi) is 2.88. The Morgan fingerprint density at radius 3 is 2.80 bits per heavy atom. The van der Waals surface area contributed by atoms with Gasteiger partial charge in [-0.15, -0.1) is 0 Å². The van der Waals surface area contributed by atoms with Crippen LogP contribution >= 0.6 is 0 Å². The maximum absolute atomic E-state index is 13.2. The number of benzene rings is 1. The second-order valence-corrected chi connectivity index (χ2v) is 3.03. The standard InChI is InChI=1S/C11H10FN3/c12-10-3-1-2-4-11(10)14-7-9-5-6-13-8-15-9/h1-6,8,14H,7H2. The van der Waals surface area contributed by atoms with Crippen LogP contribution in [0.15, 0.2) is 42.9 Å². The maximum Gasteiger partial charge on any atom is 0.146 e. The van der Waals surface area contributed by atoms with Crippen LogP contribution < -0.4 is 5.32 Å². The van der Waals surface area contributed by atoms with Gasteiger partial charge < -0.3 is 5.32 Å². The van der Waals surface area contributed by atoms with Crippen LogP contribution in [0.25, 0.3) is 0 Å². The number of aromatic nitrogens is 2. The first-order chi connectivity index (χ1) is 7.36. The van der Waals surface area contributed by atoms with Crippen molar-refractivity contribution in [1.29, 1.82) is 0 Å². The fourth-order valence-corrected chi connectivity index (χ4v) is 1.21. The van der Waals surface area contributed by atoms with E-state index in [1.165, 1.54) is 12.4 Å². The van der Waals surface area contributed by atoms with Crippen molar-refractivity contribution in [2.45, 2.75) is 6.54 Å². The van der Waals surface area contributed by atoms with Crippen molar-refractivity contribution in [3.63, 3.8) is 0 Å². The molecule has 0 aliphatic heterocycles.